The number of imidazole rings is 3. The number of nitrogens with zero attached hydrogens (tertiary/aromatic N) is 8. The molecule has 31 heavy (non-hydrogen) atoms. The summed E-state index contributed by atoms with van der Waals surface area (Å²) in [7, 11) is 1.94. The number of hydrogen-bond donors (Lipinski definition) is 0. The van der Waals surface area contributed by atoms with E-state index in [1.54, 1.807) is 35.7 Å². The molecule has 0 amide bonds. The fourth-order valence-electron chi connectivity index (χ4n) is 4.18. The van der Waals surface area contributed by atoms with Gasteiger partial charge in [0.05, 0.1) is 29.8 Å². The topological polar surface area (TPSA) is 88.5 Å². The highest BCUT2D eigenvalue weighted by atomic mass is 19.1. The van der Waals surface area contributed by atoms with E-state index in [9.17, 15) is 4.39 Å². The molecule has 1 aromatic carbocycles. The molecule has 0 radical (unpaired) electrons. The fourth-order valence-corrected chi connectivity index (χ4v) is 4.18. The third-order valence-electron chi connectivity index (χ3n) is 5.75. The second-order valence-corrected chi connectivity index (χ2v) is 7.67. The molecule has 1 saturated heterocycles. The molecule has 5 heterocycles. The van der Waals surface area contributed by atoms with E-state index >= 15 is 0 Å². The number of aromatic nitrogens is 8. The summed E-state index contributed by atoms with van der Waals surface area (Å²) >= 11 is 0. The summed E-state index contributed by atoms with van der Waals surface area (Å²) in [4.78, 5) is 22.8. The first-order valence-electron chi connectivity index (χ1n) is 10.1. The van der Waals surface area contributed by atoms with E-state index in [0.29, 0.717) is 35.7 Å². The number of halogens is 1. The predicted octanol–water partition coefficient (Wildman–Crippen LogP) is 3.06. The molecule has 4 aromatic heterocycles. The van der Waals surface area contributed by atoms with Gasteiger partial charge in [0.1, 0.15) is 23.4 Å². The van der Waals surface area contributed by atoms with Crippen LogP contribution in [0.25, 0.3) is 39.7 Å². The molecule has 5 aromatic rings. The Hall–Kier alpha value is -3.66. The zero-order valence-electron chi connectivity index (χ0n) is 16.8. The van der Waals surface area contributed by atoms with E-state index in [2.05, 4.69) is 19.5 Å². The number of rotatable bonds is 3. The van der Waals surface area contributed by atoms with Crippen molar-refractivity contribution in [2.45, 2.75) is 18.9 Å². The average molecular weight is 418 g/mol. The lowest BCUT2D eigenvalue weighted by atomic mass is 10.1. The number of aryl methyl sites for hydroxylation is 1. The first-order valence-corrected chi connectivity index (χ1v) is 10.1. The van der Waals surface area contributed by atoms with Crippen molar-refractivity contribution in [3.8, 4) is 17.5 Å². The molecule has 156 valence electrons. The van der Waals surface area contributed by atoms with Crippen molar-refractivity contribution in [3.05, 3.63) is 49.1 Å². The van der Waals surface area contributed by atoms with Gasteiger partial charge >= 0.3 is 0 Å². The van der Waals surface area contributed by atoms with Crippen LogP contribution < -0.4 is 0 Å². The fraction of sp³-hybridized carbons (Fsp3) is 0.286. The van der Waals surface area contributed by atoms with Crippen LogP contribution >= 0.6 is 0 Å². The Bertz CT molecular complexity index is 1410. The van der Waals surface area contributed by atoms with Crippen LogP contribution in [0.3, 0.4) is 0 Å². The Kier molecular flexibility index (Phi) is 4.06. The maximum Gasteiger partial charge on any atom is 0.237 e. The molecule has 1 aliphatic rings. The molecular formula is C21H19FN8O. The van der Waals surface area contributed by atoms with Crippen molar-refractivity contribution in [2.75, 3.05) is 13.2 Å². The quantitative estimate of drug-likeness (QED) is 0.447. The highest BCUT2D eigenvalue weighted by Crippen LogP contribution is 2.32. The van der Waals surface area contributed by atoms with E-state index in [1.165, 1.54) is 12.1 Å². The van der Waals surface area contributed by atoms with Gasteiger partial charge in [0.2, 0.25) is 5.95 Å². The van der Waals surface area contributed by atoms with E-state index in [4.69, 9.17) is 14.7 Å². The molecule has 1 aliphatic heterocycles. The Morgan fingerprint density at radius 1 is 1.03 bits per heavy atom. The van der Waals surface area contributed by atoms with Crippen molar-refractivity contribution in [1.82, 2.24) is 38.6 Å². The SMILES string of the molecule is Cn1cncc1-c1nc2cnc(-n3cnc4ccc(F)cc43)nc2n1C1CCOCC1. The van der Waals surface area contributed by atoms with E-state index in [1.807, 2.05) is 11.6 Å². The number of ether oxygens (including phenoxy) is 1. The van der Waals surface area contributed by atoms with Crippen molar-refractivity contribution in [3.63, 3.8) is 0 Å². The van der Waals surface area contributed by atoms with Gasteiger partial charge in [-0.2, -0.15) is 4.98 Å². The normalized spacial score (nSPS) is 15.3. The molecule has 6 rings (SSSR count). The smallest absolute Gasteiger partial charge is 0.237 e. The monoisotopic (exact) mass is 418 g/mol. The maximum absolute atomic E-state index is 13.9. The van der Waals surface area contributed by atoms with Crippen molar-refractivity contribution < 1.29 is 9.13 Å². The first kappa shape index (κ1) is 18.1. The first-order chi connectivity index (χ1) is 15.2. The Morgan fingerprint density at radius 2 is 1.90 bits per heavy atom. The lowest BCUT2D eigenvalue weighted by molar-refractivity contribution is 0.0708. The van der Waals surface area contributed by atoms with E-state index in [0.717, 1.165) is 30.0 Å². The zero-order valence-corrected chi connectivity index (χ0v) is 16.8. The Labute approximate surface area is 176 Å². The van der Waals surface area contributed by atoms with Gasteiger partial charge in [0.25, 0.3) is 0 Å². The van der Waals surface area contributed by atoms with E-state index < -0.39 is 0 Å². The van der Waals surface area contributed by atoms with Crippen LogP contribution in [0.4, 0.5) is 4.39 Å². The number of benzene rings is 1. The van der Waals surface area contributed by atoms with Crippen LogP contribution in [-0.2, 0) is 11.8 Å². The van der Waals surface area contributed by atoms with Crippen molar-refractivity contribution >= 4 is 22.2 Å². The van der Waals surface area contributed by atoms with Gasteiger partial charge < -0.3 is 13.9 Å². The van der Waals surface area contributed by atoms with Gasteiger partial charge in [-0.25, -0.2) is 24.3 Å². The summed E-state index contributed by atoms with van der Waals surface area (Å²) < 4.78 is 25.2. The summed E-state index contributed by atoms with van der Waals surface area (Å²) in [6.07, 6.45) is 8.62. The minimum absolute atomic E-state index is 0.198. The maximum atomic E-state index is 13.9. The van der Waals surface area contributed by atoms with Crippen molar-refractivity contribution in [1.29, 1.82) is 0 Å². The van der Waals surface area contributed by atoms with Crippen molar-refractivity contribution in [2.24, 2.45) is 7.05 Å². The standard InChI is InChI=1S/C21H19FN8O/c1-28-11-23-10-18(28)20-26-16-9-24-21(27-19(16)30(20)14-4-6-31-7-5-14)29-12-25-15-3-2-13(22)8-17(15)29/h2-3,8-12,14H,4-7H2,1H3. The van der Waals surface area contributed by atoms with Gasteiger partial charge in [-0.3, -0.25) is 4.57 Å². The van der Waals surface area contributed by atoms with E-state index in [-0.39, 0.29) is 11.9 Å². The minimum atomic E-state index is -0.332. The number of hydrogen-bond acceptors (Lipinski definition) is 6. The Morgan fingerprint density at radius 3 is 2.71 bits per heavy atom. The van der Waals surface area contributed by atoms with Gasteiger partial charge in [-0.15, -0.1) is 0 Å². The molecule has 0 saturated carbocycles. The average Bonchev–Trinajstić information content (AvgIpc) is 3.49. The highest BCUT2D eigenvalue weighted by molar-refractivity contribution is 5.79. The lowest BCUT2D eigenvalue weighted by Gasteiger charge is -2.25. The predicted molar refractivity (Wildman–Crippen MR) is 111 cm³/mol. The molecule has 0 spiro atoms. The largest absolute Gasteiger partial charge is 0.381 e. The molecule has 0 bridgehead atoms. The highest BCUT2D eigenvalue weighted by Gasteiger charge is 2.25. The van der Waals surface area contributed by atoms with Gasteiger partial charge in [0.15, 0.2) is 11.5 Å². The van der Waals surface area contributed by atoms with Crippen LogP contribution in [0, 0.1) is 5.82 Å². The molecule has 0 aliphatic carbocycles. The van der Waals surface area contributed by atoms with Gasteiger partial charge in [-0.1, -0.05) is 0 Å². The van der Waals surface area contributed by atoms with Crippen LogP contribution in [0.2, 0.25) is 0 Å². The van der Waals surface area contributed by atoms with Crippen LogP contribution in [-0.4, -0.2) is 51.8 Å². The second kappa shape index (κ2) is 6.95. The third-order valence-corrected chi connectivity index (χ3v) is 5.75. The van der Waals surface area contributed by atoms with Crippen LogP contribution in [0.1, 0.15) is 18.9 Å². The second-order valence-electron chi connectivity index (χ2n) is 7.67. The molecular weight excluding hydrogens is 399 g/mol. The van der Waals surface area contributed by atoms with Gasteiger partial charge in [-0.05, 0) is 25.0 Å². The summed E-state index contributed by atoms with van der Waals surface area (Å²) in [5, 5.41) is 0. The summed E-state index contributed by atoms with van der Waals surface area (Å²) in [5.41, 5.74) is 3.62. The zero-order chi connectivity index (χ0) is 20.9. The Balaban J connectivity index is 1.58. The molecule has 0 N–H and O–H groups in total. The molecule has 0 atom stereocenters. The molecule has 1 fully saturated rings. The summed E-state index contributed by atoms with van der Waals surface area (Å²) in [5.74, 6) is 0.890. The minimum Gasteiger partial charge on any atom is -0.381 e. The van der Waals surface area contributed by atoms with Gasteiger partial charge in [0, 0.05) is 32.4 Å². The lowest BCUT2D eigenvalue weighted by Crippen LogP contribution is -2.21. The molecule has 9 nitrogen and oxygen atoms in total. The third kappa shape index (κ3) is 2.90. The summed E-state index contributed by atoms with van der Waals surface area (Å²) in [6, 6.07) is 4.67. The summed E-state index contributed by atoms with van der Waals surface area (Å²) in [6.45, 7) is 1.39. The van der Waals surface area contributed by atoms with Crippen LogP contribution in [0.5, 0.6) is 0 Å². The van der Waals surface area contributed by atoms with Crippen LogP contribution in [0.15, 0.2) is 43.2 Å². The molecule has 0 unspecified atom stereocenters. The number of fused-ring (bicyclic) bond motifs is 2. The molecule has 10 heteroatoms.